The van der Waals surface area contributed by atoms with Crippen LogP contribution in [0.5, 0.6) is 0 Å². The highest BCUT2D eigenvalue weighted by molar-refractivity contribution is 7.89. The van der Waals surface area contributed by atoms with Crippen molar-refractivity contribution in [1.29, 1.82) is 0 Å². The van der Waals surface area contributed by atoms with Crippen LogP contribution in [0.15, 0.2) is 47.5 Å². The van der Waals surface area contributed by atoms with E-state index in [-0.39, 0.29) is 19.7 Å². The van der Waals surface area contributed by atoms with Crippen molar-refractivity contribution >= 4 is 10.0 Å². The van der Waals surface area contributed by atoms with Gasteiger partial charge in [0.2, 0.25) is 10.0 Å². The third kappa shape index (κ3) is 4.48. The summed E-state index contributed by atoms with van der Waals surface area (Å²) in [6.45, 7) is 2.12. The van der Waals surface area contributed by atoms with Crippen LogP contribution in [0, 0.1) is 0 Å². The van der Waals surface area contributed by atoms with Crippen molar-refractivity contribution in [1.82, 2.24) is 14.6 Å². The minimum Gasteiger partial charge on any atom is -0.396 e. The van der Waals surface area contributed by atoms with Gasteiger partial charge in [-0.25, -0.2) is 8.42 Å². The number of nitrogens with zero attached hydrogens (tertiary/aromatic N) is 2. The number of hydrogen-bond acceptors (Lipinski definition) is 5. The fourth-order valence-corrected chi connectivity index (χ4v) is 4.65. The van der Waals surface area contributed by atoms with E-state index < -0.39 is 10.0 Å². The number of pyridine rings is 1. The average molecular weight is 375 g/mol. The SMILES string of the molecule is O=S(=O)(c1ccc2c(c1)CCCNC2)N(CCCO)Cc1ccccn1. The monoisotopic (exact) mass is 375 g/mol. The Hall–Kier alpha value is -1.80. The van der Waals surface area contributed by atoms with E-state index in [4.69, 9.17) is 5.11 Å². The molecule has 0 atom stereocenters. The quantitative estimate of drug-likeness (QED) is 0.770. The first-order chi connectivity index (χ1) is 12.6. The number of nitrogens with one attached hydrogen (secondary N) is 1. The molecule has 1 aromatic carbocycles. The van der Waals surface area contributed by atoms with Gasteiger partial charge in [-0.3, -0.25) is 4.98 Å². The van der Waals surface area contributed by atoms with E-state index in [1.165, 1.54) is 4.31 Å². The van der Waals surface area contributed by atoms with Gasteiger partial charge < -0.3 is 10.4 Å². The molecule has 0 saturated carbocycles. The summed E-state index contributed by atoms with van der Waals surface area (Å²) in [5.41, 5.74) is 2.94. The lowest BCUT2D eigenvalue weighted by molar-refractivity contribution is 0.267. The Morgan fingerprint density at radius 2 is 2.08 bits per heavy atom. The Balaban J connectivity index is 1.90. The summed E-state index contributed by atoms with van der Waals surface area (Å²) in [4.78, 5) is 4.55. The van der Waals surface area contributed by atoms with Crippen LogP contribution in [-0.4, -0.2) is 42.5 Å². The third-order valence-corrected chi connectivity index (χ3v) is 6.40. The molecule has 0 amide bonds. The first kappa shape index (κ1) is 19.0. The molecule has 0 radical (unpaired) electrons. The van der Waals surface area contributed by atoms with Crippen LogP contribution in [0.25, 0.3) is 0 Å². The van der Waals surface area contributed by atoms with Gasteiger partial charge in [0.05, 0.1) is 17.1 Å². The van der Waals surface area contributed by atoms with Crippen molar-refractivity contribution in [3.8, 4) is 0 Å². The molecule has 7 heteroatoms. The Bertz CT molecular complexity index is 825. The number of aryl methyl sites for hydroxylation is 1. The molecule has 3 rings (SSSR count). The van der Waals surface area contributed by atoms with Crippen molar-refractivity contribution in [2.45, 2.75) is 37.2 Å². The molecule has 2 aromatic rings. The Morgan fingerprint density at radius 1 is 1.19 bits per heavy atom. The number of aliphatic hydroxyl groups excluding tert-OH is 1. The molecule has 0 fully saturated rings. The second-order valence-corrected chi connectivity index (χ2v) is 8.39. The molecule has 2 N–H and O–H groups in total. The fourth-order valence-electron chi connectivity index (χ4n) is 3.15. The highest BCUT2D eigenvalue weighted by Gasteiger charge is 2.25. The molecule has 0 unspecified atom stereocenters. The van der Waals surface area contributed by atoms with Crippen LogP contribution in [-0.2, 0) is 29.5 Å². The number of aromatic nitrogens is 1. The molecular formula is C19H25N3O3S. The molecule has 0 bridgehead atoms. The van der Waals surface area contributed by atoms with E-state index in [0.29, 0.717) is 17.0 Å². The van der Waals surface area contributed by atoms with Gasteiger partial charge in [0.15, 0.2) is 0 Å². The summed E-state index contributed by atoms with van der Waals surface area (Å²) in [5, 5.41) is 12.5. The molecule has 6 nitrogen and oxygen atoms in total. The normalized spacial score (nSPS) is 14.8. The number of hydrogen-bond donors (Lipinski definition) is 2. The Morgan fingerprint density at radius 3 is 2.85 bits per heavy atom. The topological polar surface area (TPSA) is 82.5 Å². The predicted octanol–water partition coefficient (Wildman–Crippen LogP) is 1.69. The molecule has 1 aliphatic rings. The fraction of sp³-hybridized carbons (Fsp3) is 0.421. The van der Waals surface area contributed by atoms with Gasteiger partial charge in [0.1, 0.15) is 0 Å². The summed E-state index contributed by atoms with van der Waals surface area (Å²) < 4.78 is 27.8. The molecule has 26 heavy (non-hydrogen) atoms. The first-order valence-corrected chi connectivity index (χ1v) is 10.4. The zero-order valence-electron chi connectivity index (χ0n) is 14.8. The largest absolute Gasteiger partial charge is 0.396 e. The van der Waals surface area contributed by atoms with E-state index in [9.17, 15) is 8.42 Å². The van der Waals surface area contributed by atoms with Gasteiger partial charge in [-0.2, -0.15) is 4.31 Å². The van der Waals surface area contributed by atoms with Gasteiger partial charge in [0.25, 0.3) is 0 Å². The van der Waals surface area contributed by atoms with Crippen molar-refractivity contribution in [3.05, 3.63) is 59.4 Å². The molecule has 1 aromatic heterocycles. The standard InChI is InChI=1S/C19H25N3O3S/c23-12-4-11-22(15-18-6-1-2-10-21-18)26(24,25)19-8-7-17-14-20-9-3-5-16(17)13-19/h1-2,6-8,10,13,20,23H,3-5,9,11-12,14-15H2. The van der Waals surface area contributed by atoms with Crippen LogP contribution in [0.1, 0.15) is 29.7 Å². The Kier molecular flexibility index (Phi) is 6.37. The summed E-state index contributed by atoms with van der Waals surface area (Å²) in [7, 11) is -3.66. The summed E-state index contributed by atoms with van der Waals surface area (Å²) in [5.74, 6) is 0. The van der Waals surface area contributed by atoms with E-state index in [1.807, 2.05) is 24.3 Å². The lowest BCUT2D eigenvalue weighted by atomic mass is 10.0. The van der Waals surface area contributed by atoms with Crippen molar-refractivity contribution in [2.24, 2.45) is 0 Å². The zero-order valence-corrected chi connectivity index (χ0v) is 15.6. The number of benzene rings is 1. The minimum absolute atomic E-state index is 0.0515. The third-order valence-electron chi connectivity index (χ3n) is 4.56. The summed E-state index contributed by atoms with van der Waals surface area (Å²) in [6.07, 6.45) is 3.92. The highest BCUT2D eigenvalue weighted by atomic mass is 32.2. The van der Waals surface area contributed by atoms with E-state index in [2.05, 4.69) is 10.3 Å². The molecule has 0 aliphatic carbocycles. The lowest BCUT2D eigenvalue weighted by Crippen LogP contribution is -2.32. The summed E-state index contributed by atoms with van der Waals surface area (Å²) in [6, 6.07) is 10.9. The molecule has 1 aliphatic heterocycles. The predicted molar refractivity (Wildman–Crippen MR) is 100 cm³/mol. The molecular weight excluding hydrogens is 350 g/mol. The van der Waals surface area contributed by atoms with Gasteiger partial charge in [-0.05, 0) is 61.2 Å². The van der Waals surface area contributed by atoms with Gasteiger partial charge >= 0.3 is 0 Å². The highest BCUT2D eigenvalue weighted by Crippen LogP contribution is 2.23. The van der Waals surface area contributed by atoms with Crippen molar-refractivity contribution in [2.75, 3.05) is 19.7 Å². The number of rotatable bonds is 7. The van der Waals surface area contributed by atoms with Crippen LogP contribution in [0.4, 0.5) is 0 Å². The molecule has 0 saturated heterocycles. The van der Waals surface area contributed by atoms with Crippen LogP contribution >= 0.6 is 0 Å². The van der Waals surface area contributed by atoms with Crippen molar-refractivity contribution in [3.63, 3.8) is 0 Å². The van der Waals surface area contributed by atoms with Gasteiger partial charge in [0, 0.05) is 25.9 Å². The minimum atomic E-state index is -3.66. The van der Waals surface area contributed by atoms with E-state index >= 15 is 0 Å². The smallest absolute Gasteiger partial charge is 0.243 e. The van der Waals surface area contributed by atoms with E-state index in [1.54, 1.807) is 18.3 Å². The number of sulfonamides is 1. The van der Waals surface area contributed by atoms with Crippen molar-refractivity contribution < 1.29 is 13.5 Å². The zero-order chi connectivity index (χ0) is 18.4. The van der Waals surface area contributed by atoms with Gasteiger partial charge in [-0.1, -0.05) is 12.1 Å². The number of fused-ring (bicyclic) bond motifs is 1. The maximum Gasteiger partial charge on any atom is 0.243 e. The molecule has 0 spiro atoms. The van der Waals surface area contributed by atoms with Gasteiger partial charge in [-0.15, -0.1) is 0 Å². The second-order valence-electron chi connectivity index (χ2n) is 6.45. The maximum absolute atomic E-state index is 13.2. The van der Waals surface area contributed by atoms with Crippen LogP contribution in [0.3, 0.4) is 0 Å². The first-order valence-electron chi connectivity index (χ1n) is 8.94. The molecule has 2 heterocycles. The molecule has 140 valence electrons. The van der Waals surface area contributed by atoms with Crippen LogP contribution in [0.2, 0.25) is 0 Å². The maximum atomic E-state index is 13.2. The summed E-state index contributed by atoms with van der Waals surface area (Å²) >= 11 is 0. The Labute approximate surface area is 154 Å². The van der Waals surface area contributed by atoms with Crippen LogP contribution < -0.4 is 5.32 Å². The lowest BCUT2D eigenvalue weighted by Gasteiger charge is -2.22. The average Bonchev–Trinajstić information content (AvgIpc) is 2.90. The number of aliphatic hydroxyl groups is 1. The van der Waals surface area contributed by atoms with E-state index in [0.717, 1.165) is 37.1 Å². The second kappa shape index (κ2) is 8.73.